The Morgan fingerprint density at radius 2 is 0.984 bits per heavy atom. The van der Waals surface area contributed by atoms with Gasteiger partial charge in [-0.25, -0.2) is 9.59 Å². The number of hydrogen-bond acceptors (Lipinski definition) is 8. The van der Waals surface area contributed by atoms with Gasteiger partial charge in [-0.05, 0) is 118 Å². The second kappa shape index (κ2) is 19.2. The molecule has 2 unspecified atom stereocenters. The summed E-state index contributed by atoms with van der Waals surface area (Å²) in [6, 6.07) is 16.0. The molecule has 0 bridgehead atoms. The highest BCUT2D eigenvalue weighted by Crippen LogP contribution is 2.51. The maximum absolute atomic E-state index is 14.1. The van der Waals surface area contributed by atoms with Crippen LogP contribution in [0, 0.1) is 13.8 Å². The second-order valence-corrected chi connectivity index (χ2v) is 16.8. The first-order chi connectivity index (χ1) is 29.3. The maximum Gasteiger partial charge on any atom is 0.446 e. The lowest BCUT2D eigenvalue weighted by molar-refractivity contribution is -0.276. The van der Waals surface area contributed by atoms with Gasteiger partial charge in [-0.15, -0.1) is 0 Å². The predicted octanol–water partition coefficient (Wildman–Crippen LogP) is 13.2. The third-order valence-corrected chi connectivity index (χ3v) is 10.0. The number of ether oxygens (including phenoxy) is 1. The molecule has 0 amide bonds. The smallest absolute Gasteiger partial charge is 0.446 e. The molecule has 0 radical (unpaired) electrons. The van der Waals surface area contributed by atoms with Crippen molar-refractivity contribution < 1.29 is 73.4 Å². The number of carbonyl (C=O) groups excluding carboxylic acids is 2. The molecule has 1 N–H and O–H groups in total. The molecule has 0 aliphatic carbocycles. The number of halogens is 13. The molecule has 344 valence electrons. The minimum absolute atomic E-state index is 0.0415. The largest absolute Gasteiger partial charge is 0.478 e. The number of alkyl halides is 9. The van der Waals surface area contributed by atoms with Crippen LogP contribution in [0.4, 0.5) is 39.5 Å². The fraction of sp³-hybridized carbons (Fsp3) is 0.310. The Bertz CT molecular complexity index is 2460. The van der Waals surface area contributed by atoms with Crippen molar-refractivity contribution in [1.29, 1.82) is 0 Å². The first-order valence-electron chi connectivity index (χ1n) is 18.1. The minimum atomic E-state index is -4.79. The van der Waals surface area contributed by atoms with E-state index in [1.54, 1.807) is 40.7 Å². The van der Waals surface area contributed by atoms with E-state index in [0.29, 0.717) is 27.8 Å². The van der Waals surface area contributed by atoms with Gasteiger partial charge in [0, 0.05) is 44.1 Å². The summed E-state index contributed by atoms with van der Waals surface area (Å²) in [7, 11) is 0. The van der Waals surface area contributed by atoms with Gasteiger partial charge in [0.2, 0.25) is 6.29 Å². The summed E-state index contributed by atoms with van der Waals surface area (Å²) in [6.45, 7) is 8.47. The Labute approximate surface area is 378 Å². The highest BCUT2D eigenvalue weighted by Gasteiger charge is 2.63. The lowest BCUT2D eigenvalue weighted by atomic mass is 9.86. The van der Waals surface area contributed by atoms with Crippen molar-refractivity contribution in [2.75, 3.05) is 0 Å². The standard InChI is InChI=1S/C22H20Cl2F3NO3.C18H12Cl2F3NO3.C2HF3O/c1-12-7-13(5-6-17(12)19(29)30-20(2,3)4)18-11-21(31-28-18,22(25,26)27)14-8-15(23)10-16(24)9-14;1-9-4-10(2-3-14(9)16(25)26)15-8-17(27-24-15,18(21,22)23)11-5-12(19)7-13(20)6-11;3-2(4,5)1-6/h5-10H,11H2,1-4H3;2-7H,8H2,1H3,(H,25,26);1H. The van der Waals surface area contributed by atoms with Crippen LogP contribution >= 0.6 is 46.4 Å². The van der Waals surface area contributed by atoms with Crippen LogP contribution in [0.1, 0.15) is 87.7 Å². The van der Waals surface area contributed by atoms with E-state index in [1.807, 2.05) is 0 Å². The molecule has 2 aliphatic rings. The van der Waals surface area contributed by atoms with Gasteiger partial charge in [0.15, 0.2) is 0 Å². The van der Waals surface area contributed by atoms with Crippen LogP contribution in [0.3, 0.4) is 0 Å². The van der Waals surface area contributed by atoms with E-state index >= 15 is 0 Å². The van der Waals surface area contributed by atoms with Gasteiger partial charge in [-0.2, -0.15) is 39.5 Å². The zero-order valence-corrected chi connectivity index (χ0v) is 36.6. The van der Waals surface area contributed by atoms with Gasteiger partial charge in [0.25, 0.3) is 11.2 Å². The number of carbonyl (C=O) groups is 3. The summed E-state index contributed by atoms with van der Waals surface area (Å²) in [5.74, 6) is -1.64. The molecule has 2 atom stereocenters. The molecule has 22 heteroatoms. The van der Waals surface area contributed by atoms with E-state index in [2.05, 4.69) is 10.3 Å². The normalized spacial score (nSPS) is 18.5. The molecule has 0 fully saturated rings. The highest BCUT2D eigenvalue weighted by molar-refractivity contribution is 6.35. The van der Waals surface area contributed by atoms with Gasteiger partial charge in [0.1, 0.15) is 5.60 Å². The van der Waals surface area contributed by atoms with Crippen LogP contribution in [0.2, 0.25) is 20.1 Å². The van der Waals surface area contributed by atoms with Crippen LogP contribution in [0.5, 0.6) is 0 Å². The van der Waals surface area contributed by atoms with Crippen LogP contribution < -0.4 is 0 Å². The molecule has 4 aromatic carbocycles. The first-order valence-corrected chi connectivity index (χ1v) is 19.6. The highest BCUT2D eigenvalue weighted by atomic mass is 35.5. The summed E-state index contributed by atoms with van der Waals surface area (Å²) >= 11 is 23.6. The fourth-order valence-corrected chi connectivity index (χ4v) is 7.23. The molecular weight excluding hydrogens is 957 g/mol. The molecular formula is C42H33Cl4F9N2O7. The van der Waals surface area contributed by atoms with Gasteiger partial charge in [-0.1, -0.05) is 68.8 Å². The lowest BCUT2D eigenvalue weighted by Gasteiger charge is -2.29. The van der Waals surface area contributed by atoms with E-state index in [1.165, 1.54) is 42.5 Å². The van der Waals surface area contributed by atoms with Crippen molar-refractivity contribution in [2.45, 2.75) is 82.8 Å². The Morgan fingerprint density at radius 1 is 0.641 bits per heavy atom. The molecule has 0 aromatic heterocycles. The van der Waals surface area contributed by atoms with Crippen molar-refractivity contribution in [3.8, 4) is 0 Å². The van der Waals surface area contributed by atoms with Crippen LogP contribution in [0.25, 0.3) is 0 Å². The molecule has 9 nitrogen and oxygen atoms in total. The second-order valence-electron chi connectivity index (χ2n) is 15.1. The number of benzene rings is 4. The molecule has 4 aromatic rings. The number of esters is 1. The summed E-state index contributed by atoms with van der Waals surface area (Å²) in [5.41, 5.74) is -4.40. The number of oxime groups is 2. The zero-order chi connectivity index (χ0) is 48.4. The number of nitrogens with zero attached hydrogens (tertiary/aromatic N) is 2. The number of aryl methyl sites for hydroxylation is 2. The Kier molecular flexibility index (Phi) is 15.5. The monoisotopic (exact) mass is 988 g/mol. The van der Waals surface area contributed by atoms with Gasteiger partial charge >= 0.3 is 30.5 Å². The van der Waals surface area contributed by atoms with E-state index < -0.39 is 66.4 Å². The number of carboxylic acid groups (broad SMARTS) is 1. The molecule has 0 spiro atoms. The third-order valence-electron chi connectivity index (χ3n) is 9.13. The quantitative estimate of drug-likeness (QED) is 0.116. The lowest BCUT2D eigenvalue weighted by Crippen LogP contribution is -2.42. The van der Waals surface area contributed by atoms with E-state index in [4.69, 9.17) is 70.7 Å². The summed E-state index contributed by atoms with van der Waals surface area (Å²) in [4.78, 5) is 42.1. The average Bonchev–Trinajstić information content (AvgIpc) is 3.82. The maximum atomic E-state index is 14.1. The number of aldehydes is 1. The number of hydrogen-bond donors (Lipinski definition) is 1. The van der Waals surface area contributed by atoms with Crippen LogP contribution in [-0.4, -0.2) is 58.9 Å². The molecule has 2 aliphatic heterocycles. The zero-order valence-electron chi connectivity index (χ0n) is 33.6. The molecule has 64 heavy (non-hydrogen) atoms. The average molecular weight is 991 g/mol. The number of rotatable bonds is 6. The van der Waals surface area contributed by atoms with Gasteiger partial charge in [0.05, 0.1) is 22.6 Å². The van der Waals surface area contributed by atoms with Gasteiger partial charge < -0.3 is 19.5 Å². The van der Waals surface area contributed by atoms with Crippen molar-refractivity contribution >= 4 is 76.1 Å². The number of carboxylic acids is 1. The molecule has 0 saturated carbocycles. The predicted molar refractivity (Wildman–Crippen MR) is 219 cm³/mol. The molecule has 2 heterocycles. The van der Waals surface area contributed by atoms with Crippen LogP contribution in [-0.2, 0) is 30.4 Å². The van der Waals surface area contributed by atoms with Crippen molar-refractivity contribution in [1.82, 2.24) is 0 Å². The topological polar surface area (TPSA) is 124 Å². The van der Waals surface area contributed by atoms with Crippen LogP contribution in [0.15, 0.2) is 83.1 Å². The molecule has 6 rings (SSSR count). The van der Waals surface area contributed by atoms with Crippen molar-refractivity contribution in [3.63, 3.8) is 0 Å². The van der Waals surface area contributed by atoms with Crippen molar-refractivity contribution in [3.05, 3.63) is 137 Å². The van der Waals surface area contributed by atoms with E-state index in [0.717, 1.165) is 24.3 Å². The van der Waals surface area contributed by atoms with Crippen molar-refractivity contribution in [2.24, 2.45) is 10.3 Å². The van der Waals surface area contributed by atoms with E-state index in [-0.39, 0.29) is 48.2 Å². The summed E-state index contributed by atoms with van der Waals surface area (Å²) in [6.07, 6.45) is -16.4. The Hall–Kier alpha value is -5.04. The Morgan fingerprint density at radius 3 is 1.27 bits per heavy atom. The number of aromatic carboxylic acids is 1. The van der Waals surface area contributed by atoms with Gasteiger partial charge in [-0.3, -0.25) is 4.79 Å². The third kappa shape index (κ3) is 12.2. The summed E-state index contributed by atoms with van der Waals surface area (Å²) in [5, 5.41) is 16.7. The van der Waals surface area contributed by atoms with E-state index in [9.17, 15) is 49.1 Å². The molecule has 0 saturated heterocycles. The Balaban J connectivity index is 0.000000251. The SMILES string of the molecule is Cc1cc(C2=NOC(c3cc(Cl)cc(Cl)c3)(C(F)(F)F)C2)ccc1C(=O)O.Cc1cc(C2=NOC(c3cc(Cl)cc(Cl)c3)(C(F)(F)F)C2)ccc1C(=O)OC(C)(C)C.O=CC(F)(F)F. The fourth-order valence-electron chi connectivity index (χ4n) is 6.18. The minimum Gasteiger partial charge on any atom is -0.478 e. The summed E-state index contributed by atoms with van der Waals surface area (Å²) < 4.78 is 121. The first kappa shape index (κ1) is 51.6.